The van der Waals surface area contributed by atoms with Crippen LogP contribution in [0, 0.1) is 6.92 Å². The van der Waals surface area contributed by atoms with E-state index in [9.17, 15) is 9.59 Å². The summed E-state index contributed by atoms with van der Waals surface area (Å²) < 4.78 is 5.30. The van der Waals surface area contributed by atoms with Crippen LogP contribution in [0.25, 0.3) is 0 Å². The number of hydrogen-bond acceptors (Lipinski definition) is 3. The fourth-order valence-electron chi connectivity index (χ4n) is 2.46. The summed E-state index contributed by atoms with van der Waals surface area (Å²) in [5.41, 5.74) is 1.76. The molecule has 0 heterocycles. The van der Waals surface area contributed by atoms with Crippen molar-refractivity contribution < 1.29 is 14.3 Å². The van der Waals surface area contributed by atoms with Gasteiger partial charge in [-0.15, -0.1) is 0 Å². The van der Waals surface area contributed by atoms with Gasteiger partial charge in [0.05, 0.1) is 0 Å². The Morgan fingerprint density at radius 2 is 1.78 bits per heavy atom. The van der Waals surface area contributed by atoms with Crippen molar-refractivity contribution in [3.63, 3.8) is 0 Å². The van der Waals surface area contributed by atoms with E-state index in [4.69, 9.17) is 16.3 Å². The maximum absolute atomic E-state index is 12.9. The molecule has 0 aromatic heterocycles. The molecule has 0 fully saturated rings. The van der Waals surface area contributed by atoms with Gasteiger partial charge >= 0.3 is 6.09 Å². The molecule has 1 atom stereocenters. The quantitative estimate of drug-likeness (QED) is 0.778. The highest BCUT2D eigenvalue weighted by Gasteiger charge is 2.25. The minimum atomic E-state index is -0.791. The number of carbonyl (C=O) groups excluding carboxylic acids is 2. The number of hydrogen-bond donors (Lipinski definition) is 2. The predicted molar refractivity (Wildman–Crippen MR) is 108 cm³/mol. The highest BCUT2D eigenvalue weighted by Crippen LogP contribution is 2.20. The van der Waals surface area contributed by atoms with Gasteiger partial charge in [0, 0.05) is 17.1 Å². The van der Waals surface area contributed by atoms with Crippen LogP contribution in [0.15, 0.2) is 48.5 Å². The van der Waals surface area contributed by atoms with Gasteiger partial charge in [-0.3, -0.25) is 4.79 Å². The van der Waals surface area contributed by atoms with Gasteiger partial charge in [0.15, 0.2) is 0 Å². The second-order valence-corrected chi connectivity index (χ2v) is 7.77. The molecule has 0 aliphatic carbocycles. The summed E-state index contributed by atoms with van der Waals surface area (Å²) in [6, 6.07) is 14.0. The molecule has 2 rings (SSSR count). The second kappa shape index (κ2) is 8.91. The molecule has 0 bridgehead atoms. The van der Waals surface area contributed by atoms with Crippen LogP contribution in [-0.2, 0) is 16.0 Å². The summed E-state index contributed by atoms with van der Waals surface area (Å²) in [5, 5.41) is 6.04. The Kier molecular flexibility index (Phi) is 6.86. The normalized spacial score (nSPS) is 12.2. The first kappa shape index (κ1) is 20.8. The lowest BCUT2D eigenvalue weighted by molar-refractivity contribution is -0.118. The van der Waals surface area contributed by atoms with E-state index in [1.807, 2.05) is 43.3 Å². The van der Waals surface area contributed by atoms with Crippen molar-refractivity contribution >= 4 is 29.3 Å². The Balaban J connectivity index is 2.18. The van der Waals surface area contributed by atoms with E-state index in [-0.39, 0.29) is 5.91 Å². The van der Waals surface area contributed by atoms with Crippen LogP contribution in [-0.4, -0.2) is 23.6 Å². The third kappa shape index (κ3) is 6.94. The van der Waals surface area contributed by atoms with Crippen molar-refractivity contribution in [2.75, 3.05) is 5.32 Å². The van der Waals surface area contributed by atoms with Crippen LogP contribution < -0.4 is 10.6 Å². The number of carbonyl (C=O) groups is 2. The lowest BCUT2D eigenvalue weighted by Gasteiger charge is -2.23. The van der Waals surface area contributed by atoms with Gasteiger partial charge in [-0.25, -0.2) is 4.79 Å². The predicted octanol–water partition coefficient (Wildman–Crippen LogP) is 4.72. The van der Waals surface area contributed by atoms with Crippen molar-refractivity contribution in [3.8, 4) is 0 Å². The van der Waals surface area contributed by atoms with E-state index in [1.165, 1.54) is 0 Å². The van der Waals surface area contributed by atoms with Crippen molar-refractivity contribution in [3.05, 3.63) is 64.7 Å². The van der Waals surface area contributed by atoms with Crippen LogP contribution in [0.3, 0.4) is 0 Å². The van der Waals surface area contributed by atoms with Gasteiger partial charge in [0.25, 0.3) is 0 Å². The van der Waals surface area contributed by atoms with Gasteiger partial charge in [0.2, 0.25) is 5.91 Å². The Morgan fingerprint density at radius 1 is 1.11 bits per heavy atom. The van der Waals surface area contributed by atoms with Gasteiger partial charge in [0.1, 0.15) is 11.6 Å². The molecule has 2 aromatic carbocycles. The summed E-state index contributed by atoms with van der Waals surface area (Å²) in [4.78, 5) is 25.1. The maximum Gasteiger partial charge on any atom is 0.408 e. The topological polar surface area (TPSA) is 67.4 Å². The fourth-order valence-corrected chi connectivity index (χ4v) is 2.63. The molecule has 5 nitrogen and oxygen atoms in total. The molecule has 144 valence electrons. The van der Waals surface area contributed by atoms with Crippen LogP contribution in [0.1, 0.15) is 31.9 Å². The minimum absolute atomic E-state index is 0.338. The number of amides is 2. The molecular weight excluding hydrogens is 364 g/mol. The zero-order chi connectivity index (χ0) is 20.0. The highest BCUT2D eigenvalue weighted by molar-refractivity contribution is 6.31. The minimum Gasteiger partial charge on any atom is -0.444 e. The first-order chi connectivity index (χ1) is 12.6. The lowest BCUT2D eigenvalue weighted by atomic mass is 10.0. The lowest BCUT2D eigenvalue weighted by Crippen LogP contribution is -2.47. The summed E-state index contributed by atoms with van der Waals surface area (Å²) in [7, 11) is 0. The maximum atomic E-state index is 12.9. The van der Waals surface area contributed by atoms with Gasteiger partial charge in [-0.2, -0.15) is 0 Å². The Morgan fingerprint density at radius 3 is 2.41 bits per heavy atom. The van der Waals surface area contributed by atoms with Crippen LogP contribution >= 0.6 is 11.6 Å². The third-order valence-corrected chi connectivity index (χ3v) is 3.98. The molecule has 6 heteroatoms. The molecule has 2 N–H and O–H groups in total. The Labute approximate surface area is 165 Å². The largest absolute Gasteiger partial charge is 0.444 e. The third-order valence-electron chi connectivity index (χ3n) is 3.75. The Bertz CT molecular complexity index is 801. The second-order valence-electron chi connectivity index (χ2n) is 7.34. The SMILES string of the molecule is Cc1ccc(Cl)cc1NC(=O)[C@H](Cc1ccccc1)NC(=O)OC(C)(C)C. The number of halogens is 1. The summed E-state index contributed by atoms with van der Waals surface area (Å²) in [6.07, 6.45) is -0.299. The number of rotatable bonds is 5. The van der Waals surface area contributed by atoms with E-state index in [2.05, 4.69) is 10.6 Å². The molecule has 0 unspecified atom stereocenters. The first-order valence-corrected chi connectivity index (χ1v) is 9.12. The number of aryl methyl sites for hydroxylation is 1. The van der Waals surface area contributed by atoms with Gasteiger partial charge in [-0.1, -0.05) is 48.0 Å². The van der Waals surface area contributed by atoms with Crippen LogP contribution in [0.2, 0.25) is 5.02 Å². The monoisotopic (exact) mass is 388 g/mol. The zero-order valence-corrected chi connectivity index (χ0v) is 16.8. The average molecular weight is 389 g/mol. The standard InChI is InChI=1S/C21H25ClN2O3/c1-14-10-11-16(22)13-17(14)23-19(25)18(12-15-8-6-5-7-9-15)24-20(26)27-21(2,3)4/h5-11,13,18H,12H2,1-4H3,(H,23,25)(H,24,26)/t18-/m0/s1. The molecule has 0 saturated heterocycles. The fraction of sp³-hybridized carbons (Fsp3) is 0.333. The number of nitrogens with one attached hydrogen (secondary N) is 2. The van der Waals surface area contributed by atoms with E-state index in [1.54, 1.807) is 32.9 Å². The van der Waals surface area contributed by atoms with Gasteiger partial charge in [-0.05, 0) is 51.0 Å². The molecule has 0 aliphatic heterocycles. The number of benzene rings is 2. The number of ether oxygens (including phenoxy) is 1. The molecular formula is C21H25ClN2O3. The van der Waals surface area contributed by atoms with Crippen molar-refractivity contribution in [2.45, 2.75) is 45.8 Å². The summed E-state index contributed by atoms with van der Waals surface area (Å²) in [5.74, 6) is -0.338. The summed E-state index contributed by atoms with van der Waals surface area (Å²) in [6.45, 7) is 7.19. The molecule has 0 radical (unpaired) electrons. The average Bonchev–Trinajstić information content (AvgIpc) is 2.57. The summed E-state index contributed by atoms with van der Waals surface area (Å²) >= 11 is 6.03. The number of anilines is 1. The van der Waals surface area contributed by atoms with Crippen molar-refractivity contribution in [2.24, 2.45) is 0 Å². The Hall–Kier alpha value is -2.53. The van der Waals surface area contributed by atoms with Crippen LogP contribution in [0.4, 0.5) is 10.5 Å². The zero-order valence-electron chi connectivity index (χ0n) is 16.0. The van der Waals surface area contributed by atoms with E-state index in [0.717, 1.165) is 11.1 Å². The molecule has 0 aliphatic rings. The van der Waals surface area contributed by atoms with E-state index < -0.39 is 17.7 Å². The molecule has 2 aromatic rings. The van der Waals surface area contributed by atoms with Gasteiger partial charge < -0.3 is 15.4 Å². The molecule has 0 spiro atoms. The molecule has 27 heavy (non-hydrogen) atoms. The van der Waals surface area contributed by atoms with E-state index >= 15 is 0 Å². The van der Waals surface area contributed by atoms with Crippen molar-refractivity contribution in [1.29, 1.82) is 0 Å². The van der Waals surface area contributed by atoms with Crippen LogP contribution in [0.5, 0.6) is 0 Å². The van der Waals surface area contributed by atoms with Crippen molar-refractivity contribution in [1.82, 2.24) is 5.32 Å². The number of alkyl carbamates (subject to hydrolysis) is 1. The highest BCUT2D eigenvalue weighted by atomic mass is 35.5. The first-order valence-electron chi connectivity index (χ1n) is 8.74. The molecule has 0 saturated carbocycles. The smallest absolute Gasteiger partial charge is 0.408 e. The molecule has 2 amide bonds. The van der Waals surface area contributed by atoms with E-state index in [0.29, 0.717) is 17.1 Å².